The van der Waals surface area contributed by atoms with Crippen LogP contribution in [0.2, 0.25) is 0 Å². The van der Waals surface area contributed by atoms with Crippen LogP contribution < -0.4 is 10.6 Å². The Morgan fingerprint density at radius 1 is 1.53 bits per heavy atom. The van der Waals surface area contributed by atoms with Crippen LogP contribution in [0.1, 0.15) is 30.4 Å². The third-order valence-electron chi connectivity index (χ3n) is 3.55. The van der Waals surface area contributed by atoms with E-state index in [0.717, 1.165) is 25.3 Å². The standard InChI is InChI=1S/C15H22N2OS/c1-11(7-8-19-2)17-15(18)14-10-16-9-12-5-3-4-6-13(12)14/h3-6,11,14,16H,7-10H2,1-2H3,(H,17,18). The van der Waals surface area contributed by atoms with Gasteiger partial charge in [0.25, 0.3) is 0 Å². The monoisotopic (exact) mass is 278 g/mol. The Kier molecular flexibility index (Phi) is 5.28. The van der Waals surface area contributed by atoms with Gasteiger partial charge in [0.1, 0.15) is 0 Å². The van der Waals surface area contributed by atoms with Gasteiger partial charge in [0, 0.05) is 19.1 Å². The molecule has 104 valence electrons. The van der Waals surface area contributed by atoms with Gasteiger partial charge in [-0.2, -0.15) is 11.8 Å². The fourth-order valence-electron chi connectivity index (χ4n) is 2.44. The normalized spacial score (nSPS) is 19.6. The minimum Gasteiger partial charge on any atom is -0.353 e. The summed E-state index contributed by atoms with van der Waals surface area (Å²) in [6.07, 6.45) is 3.12. The van der Waals surface area contributed by atoms with Gasteiger partial charge in [-0.15, -0.1) is 0 Å². The number of fused-ring (bicyclic) bond motifs is 1. The van der Waals surface area contributed by atoms with Gasteiger partial charge < -0.3 is 10.6 Å². The summed E-state index contributed by atoms with van der Waals surface area (Å²) < 4.78 is 0. The quantitative estimate of drug-likeness (QED) is 0.867. The van der Waals surface area contributed by atoms with E-state index >= 15 is 0 Å². The Labute approximate surface area is 119 Å². The van der Waals surface area contributed by atoms with Gasteiger partial charge in [-0.1, -0.05) is 24.3 Å². The number of amides is 1. The second-order valence-electron chi connectivity index (χ2n) is 5.07. The zero-order chi connectivity index (χ0) is 13.7. The number of hydrogen-bond acceptors (Lipinski definition) is 3. The second kappa shape index (κ2) is 6.96. The van der Waals surface area contributed by atoms with Crippen molar-refractivity contribution >= 4 is 17.7 Å². The minimum absolute atomic E-state index is 0.0540. The summed E-state index contributed by atoms with van der Waals surface area (Å²) in [5, 5.41) is 6.46. The number of thioether (sulfide) groups is 1. The summed E-state index contributed by atoms with van der Waals surface area (Å²) in [6.45, 7) is 3.68. The molecule has 2 rings (SSSR count). The van der Waals surface area contributed by atoms with Crippen molar-refractivity contribution in [2.24, 2.45) is 0 Å². The van der Waals surface area contributed by atoms with E-state index in [2.05, 4.69) is 35.9 Å². The number of nitrogens with one attached hydrogen (secondary N) is 2. The average Bonchev–Trinajstić information content (AvgIpc) is 2.44. The number of carbonyl (C=O) groups excluding carboxylic acids is 1. The van der Waals surface area contributed by atoms with Gasteiger partial charge in [0.05, 0.1) is 5.92 Å². The van der Waals surface area contributed by atoms with Crippen molar-refractivity contribution in [1.82, 2.24) is 10.6 Å². The fraction of sp³-hybridized carbons (Fsp3) is 0.533. The first-order chi connectivity index (χ1) is 9.22. The Morgan fingerprint density at radius 2 is 2.32 bits per heavy atom. The maximum absolute atomic E-state index is 12.4. The summed E-state index contributed by atoms with van der Waals surface area (Å²) in [4.78, 5) is 12.4. The van der Waals surface area contributed by atoms with E-state index in [-0.39, 0.29) is 17.9 Å². The Balaban J connectivity index is 2.00. The zero-order valence-electron chi connectivity index (χ0n) is 11.6. The van der Waals surface area contributed by atoms with Gasteiger partial charge in [-0.05, 0) is 36.5 Å². The predicted molar refractivity (Wildman–Crippen MR) is 81.5 cm³/mol. The van der Waals surface area contributed by atoms with Gasteiger partial charge in [0.2, 0.25) is 5.91 Å². The molecule has 1 aliphatic heterocycles. The van der Waals surface area contributed by atoms with Crippen LogP contribution in [-0.4, -0.2) is 30.5 Å². The van der Waals surface area contributed by atoms with Crippen molar-refractivity contribution in [2.75, 3.05) is 18.6 Å². The zero-order valence-corrected chi connectivity index (χ0v) is 12.4. The number of benzene rings is 1. The van der Waals surface area contributed by atoms with Crippen molar-refractivity contribution < 1.29 is 4.79 Å². The van der Waals surface area contributed by atoms with Crippen molar-refractivity contribution in [2.45, 2.75) is 31.8 Å². The molecule has 0 fully saturated rings. The highest BCUT2D eigenvalue weighted by molar-refractivity contribution is 7.98. The molecule has 2 N–H and O–H groups in total. The first kappa shape index (κ1) is 14.4. The summed E-state index contributed by atoms with van der Waals surface area (Å²) >= 11 is 1.82. The highest BCUT2D eigenvalue weighted by Gasteiger charge is 2.26. The lowest BCUT2D eigenvalue weighted by atomic mass is 9.90. The summed E-state index contributed by atoms with van der Waals surface area (Å²) in [5.74, 6) is 1.18. The van der Waals surface area contributed by atoms with E-state index in [0.29, 0.717) is 0 Å². The van der Waals surface area contributed by atoms with Crippen LogP contribution in [-0.2, 0) is 11.3 Å². The molecule has 1 aromatic rings. The van der Waals surface area contributed by atoms with Gasteiger partial charge in [-0.3, -0.25) is 4.79 Å². The fourth-order valence-corrected chi connectivity index (χ4v) is 3.03. The highest BCUT2D eigenvalue weighted by Crippen LogP contribution is 2.24. The summed E-state index contributed by atoms with van der Waals surface area (Å²) in [5.41, 5.74) is 2.42. The molecule has 0 bridgehead atoms. The molecule has 0 saturated carbocycles. The molecule has 2 atom stereocenters. The first-order valence-corrected chi connectivity index (χ1v) is 8.19. The number of rotatable bonds is 5. The molecule has 1 aliphatic rings. The van der Waals surface area contributed by atoms with E-state index in [1.165, 1.54) is 11.1 Å². The largest absolute Gasteiger partial charge is 0.353 e. The Hall–Kier alpha value is -1.00. The molecule has 0 radical (unpaired) electrons. The van der Waals surface area contributed by atoms with Gasteiger partial charge in [-0.25, -0.2) is 0 Å². The van der Waals surface area contributed by atoms with Crippen molar-refractivity contribution in [3.63, 3.8) is 0 Å². The average molecular weight is 278 g/mol. The lowest BCUT2D eigenvalue weighted by Gasteiger charge is -2.27. The third-order valence-corrected chi connectivity index (χ3v) is 4.20. The molecule has 1 amide bonds. The molecule has 0 spiro atoms. The van der Waals surface area contributed by atoms with Crippen LogP contribution in [0, 0.1) is 0 Å². The minimum atomic E-state index is -0.0540. The van der Waals surface area contributed by atoms with Gasteiger partial charge in [0.15, 0.2) is 0 Å². The maximum atomic E-state index is 12.4. The Bertz CT molecular complexity index is 436. The molecule has 1 aromatic carbocycles. The smallest absolute Gasteiger partial charge is 0.229 e. The lowest BCUT2D eigenvalue weighted by Crippen LogP contribution is -2.42. The number of carbonyl (C=O) groups is 1. The van der Waals surface area contributed by atoms with E-state index in [9.17, 15) is 4.79 Å². The predicted octanol–water partition coefficient (Wildman–Crippen LogP) is 2.13. The molecule has 4 heteroatoms. The molecular weight excluding hydrogens is 256 g/mol. The molecule has 0 aliphatic carbocycles. The molecular formula is C15H22N2OS. The first-order valence-electron chi connectivity index (χ1n) is 6.80. The van der Waals surface area contributed by atoms with Crippen LogP contribution in [0.4, 0.5) is 0 Å². The molecule has 0 saturated heterocycles. The van der Waals surface area contributed by atoms with E-state index in [1.54, 1.807) is 0 Å². The lowest BCUT2D eigenvalue weighted by molar-refractivity contribution is -0.123. The van der Waals surface area contributed by atoms with E-state index in [1.807, 2.05) is 23.9 Å². The van der Waals surface area contributed by atoms with Crippen LogP contribution in [0.15, 0.2) is 24.3 Å². The molecule has 1 heterocycles. The maximum Gasteiger partial charge on any atom is 0.229 e. The van der Waals surface area contributed by atoms with Crippen molar-refractivity contribution in [3.05, 3.63) is 35.4 Å². The van der Waals surface area contributed by atoms with Crippen LogP contribution in [0.3, 0.4) is 0 Å². The topological polar surface area (TPSA) is 41.1 Å². The molecule has 19 heavy (non-hydrogen) atoms. The Morgan fingerprint density at radius 3 is 3.11 bits per heavy atom. The summed E-state index contributed by atoms with van der Waals surface area (Å²) in [6, 6.07) is 8.46. The number of hydrogen-bond donors (Lipinski definition) is 2. The third kappa shape index (κ3) is 3.74. The van der Waals surface area contributed by atoms with E-state index in [4.69, 9.17) is 0 Å². The van der Waals surface area contributed by atoms with Crippen LogP contribution in [0.25, 0.3) is 0 Å². The van der Waals surface area contributed by atoms with Crippen molar-refractivity contribution in [1.29, 1.82) is 0 Å². The van der Waals surface area contributed by atoms with Gasteiger partial charge >= 0.3 is 0 Å². The SMILES string of the molecule is CSCCC(C)NC(=O)C1CNCc2ccccc21. The van der Waals surface area contributed by atoms with Crippen molar-refractivity contribution in [3.8, 4) is 0 Å². The molecule has 2 unspecified atom stereocenters. The molecule has 3 nitrogen and oxygen atoms in total. The van der Waals surface area contributed by atoms with Crippen LogP contribution in [0.5, 0.6) is 0 Å². The highest BCUT2D eigenvalue weighted by atomic mass is 32.2. The second-order valence-corrected chi connectivity index (χ2v) is 6.06. The van der Waals surface area contributed by atoms with E-state index < -0.39 is 0 Å². The van der Waals surface area contributed by atoms with Crippen LogP contribution >= 0.6 is 11.8 Å². The molecule has 0 aromatic heterocycles. The summed E-state index contributed by atoms with van der Waals surface area (Å²) in [7, 11) is 0.